The lowest BCUT2D eigenvalue weighted by molar-refractivity contribution is 0.606. The van der Waals surface area contributed by atoms with Gasteiger partial charge in [0.25, 0.3) is 0 Å². The lowest BCUT2D eigenvalue weighted by Crippen LogP contribution is -1.96. The van der Waals surface area contributed by atoms with Crippen LogP contribution in [0.4, 0.5) is 0 Å². The maximum absolute atomic E-state index is 10.3. The first-order chi connectivity index (χ1) is 4.06. The molecule has 0 fully saturated rings. The van der Waals surface area contributed by atoms with Crippen molar-refractivity contribution in [1.29, 1.82) is 0 Å². The molecular weight excluding hydrogens is 274 g/mol. The van der Waals surface area contributed by atoms with E-state index in [9.17, 15) is 8.42 Å². The summed E-state index contributed by atoms with van der Waals surface area (Å²) in [7, 11) is 1.71. The zero-order valence-electron chi connectivity index (χ0n) is 4.81. The first kappa shape index (κ1) is 9.97. The maximum atomic E-state index is 10.3. The van der Waals surface area contributed by atoms with Gasteiger partial charge in [0.1, 0.15) is 0 Å². The summed E-state index contributed by atoms with van der Waals surface area (Å²) in [5.41, 5.74) is 0. The third-order valence-electron chi connectivity index (χ3n) is 0.772. The molecule has 0 rings (SSSR count). The summed E-state index contributed by atoms with van der Waals surface area (Å²) in [4.78, 5) is 0. The van der Waals surface area contributed by atoms with E-state index in [4.69, 9.17) is 10.7 Å². The molecule has 0 radical (unpaired) electrons. The molecule has 0 aromatic heterocycles. The number of hydrogen-bond donors (Lipinski definition) is 0. The van der Waals surface area contributed by atoms with Crippen molar-refractivity contribution < 1.29 is 8.42 Å². The van der Waals surface area contributed by atoms with Gasteiger partial charge in [-0.25, -0.2) is 8.42 Å². The fourth-order valence-electron chi connectivity index (χ4n) is 0.369. The lowest BCUT2D eigenvalue weighted by atomic mass is 10.4. The van der Waals surface area contributed by atoms with E-state index >= 15 is 0 Å². The highest BCUT2D eigenvalue weighted by Gasteiger charge is 2.02. The van der Waals surface area contributed by atoms with E-state index in [2.05, 4.69) is 22.6 Å². The largest absolute Gasteiger partial charge is 0.232 e. The van der Waals surface area contributed by atoms with E-state index in [1.807, 2.05) is 0 Å². The van der Waals surface area contributed by atoms with Crippen molar-refractivity contribution in [2.24, 2.45) is 0 Å². The molecule has 0 atom stereocenters. The summed E-state index contributed by atoms with van der Waals surface area (Å²) in [5, 5.41) is 0. The molecule has 0 aromatic rings. The normalized spacial score (nSPS) is 11.8. The Balaban J connectivity index is 3.30. The fourth-order valence-corrected chi connectivity index (χ4v) is 1.78. The van der Waals surface area contributed by atoms with Gasteiger partial charge in [0.05, 0.1) is 5.75 Å². The standard InChI is InChI=1S/C4H8ClIO2S/c5-9(7,8)4-2-1-3-6/h1-4H2. The highest BCUT2D eigenvalue weighted by Crippen LogP contribution is 2.02. The van der Waals surface area contributed by atoms with Gasteiger partial charge < -0.3 is 0 Å². The molecule has 0 saturated carbocycles. The van der Waals surface area contributed by atoms with Crippen molar-refractivity contribution in [3.05, 3.63) is 0 Å². The van der Waals surface area contributed by atoms with E-state index in [0.717, 1.165) is 10.8 Å². The molecule has 0 spiro atoms. The third kappa shape index (κ3) is 8.97. The van der Waals surface area contributed by atoms with Gasteiger partial charge in [0, 0.05) is 10.7 Å². The van der Waals surface area contributed by atoms with Crippen LogP contribution in [0.3, 0.4) is 0 Å². The van der Waals surface area contributed by atoms with Gasteiger partial charge in [-0.1, -0.05) is 22.6 Å². The van der Waals surface area contributed by atoms with Crippen LogP contribution < -0.4 is 0 Å². The van der Waals surface area contributed by atoms with Gasteiger partial charge in [-0.3, -0.25) is 0 Å². The smallest absolute Gasteiger partial charge is 0.212 e. The summed E-state index contributed by atoms with van der Waals surface area (Å²) in [6.45, 7) is 0. The van der Waals surface area contributed by atoms with Crippen LogP contribution in [0.1, 0.15) is 12.8 Å². The zero-order valence-corrected chi connectivity index (χ0v) is 8.54. The van der Waals surface area contributed by atoms with Gasteiger partial charge in [-0.2, -0.15) is 0 Å². The molecule has 56 valence electrons. The number of halogens is 2. The molecule has 5 heteroatoms. The quantitative estimate of drug-likeness (QED) is 0.341. The SMILES string of the molecule is O=S(=O)(Cl)CCCCI. The van der Waals surface area contributed by atoms with Crippen LogP contribution >= 0.6 is 33.3 Å². The van der Waals surface area contributed by atoms with Crippen LogP contribution in [0.5, 0.6) is 0 Å². The van der Waals surface area contributed by atoms with Gasteiger partial charge in [0.2, 0.25) is 9.05 Å². The number of rotatable bonds is 4. The van der Waals surface area contributed by atoms with E-state index in [1.54, 1.807) is 0 Å². The molecule has 0 aromatic carbocycles. The van der Waals surface area contributed by atoms with Crippen molar-refractivity contribution in [3.8, 4) is 0 Å². The van der Waals surface area contributed by atoms with Crippen LogP contribution in [0.2, 0.25) is 0 Å². The predicted octanol–water partition coefficient (Wildman–Crippen LogP) is 1.77. The van der Waals surface area contributed by atoms with Gasteiger partial charge >= 0.3 is 0 Å². The Morgan fingerprint density at radius 2 is 1.89 bits per heavy atom. The second-order valence-corrected chi connectivity index (χ2v) is 5.61. The molecule has 0 bridgehead atoms. The minimum atomic E-state index is -3.23. The van der Waals surface area contributed by atoms with Crippen LogP contribution in [0.25, 0.3) is 0 Å². The summed E-state index contributed by atoms with van der Waals surface area (Å²) in [6, 6.07) is 0. The van der Waals surface area contributed by atoms with Crippen molar-refractivity contribution in [3.63, 3.8) is 0 Å². The molecule has 0 N–H and O–H groups in total. The zero-order chi connectivity index (χ0) is 7.33. The van der Waals surface area contributed by atoms with E-state index in [1.165, 1.54) is 0 Å². The summed E-state index contributed by atoms with van der Waals surface area (Å²) in [6.07, 6.45) is 1.60. The average Bonchev–Trinajstić information content (AvgIpc) is 1.63. The Labute approximate surface area is 73.5 Å². The van der Waals surface area contributed by atoms with Crippen LogP contribution in [0.15, 0.2) is 0 Å². The fraction of sp³-hybridized carbons (Fsp3) is 1.00. The van der Waals surface area contributed by atoms with Crippen molar-refractivity contribution >= 4 is 42.3 Å². The number of unbranched alkanes of at least 4 members (excludes halogenated alkanes) is 1. The van der Waals surface area contributed by atoms with Crippen molar-refractivity contribution in [1.82, 2.24) is 0 Å². The average molecular weight is 283 g/mol. The molecule has 0 unspecified atom stereocenters. The van der Waals surface area contributed by atoms with Crippen LogP contribution in [0, 0.1) is 0 Å². The highest BCUT2D eigenvalue weighted by molar-refractivity contribution is 14.1. The van der Waals surface area contributed by atoms with Gasteiger partial charge in [-0.05, 0) is 17.3 Å². The summed E-state index contributed by atoms with van der Waals surface area (Å²) >= 11 is 2.20. The monoisotopic (exact) mass is 282 g/mol. The summed E-state index contributed by atoms with van der Waals surface area (Å²) in [5.74, 6) is 0.109. The Morgan fingerprint density at radius 3 is 2.22 bits per heavy atom. The van der Waals surface area contributed by atoms with E-state index < -0.39 is 9.05 Å². The topological polar surface area (TPSA) is 34.1 Å². The molecule has 2 nitrogen and oxygen atoms in total. The first-order valence-electron chi connectivity index (χ1n) is 2.54. The molecule has 0 aliphatic carbocycles. The Morgan fingerprint density at radius 1 is 1.33 bits per heavy atom. The Hall–Kier alpha value is 0.970. The summed E-state index contributed by atoms with van der Waals surface area (Å²) < 4.78 is 21.5. The third-order valence-corrected chi connectivity index (χ3v) is 2.77. The molecule has 0 aliphatic rings. The molecule has 0 heterocycles. The molecule has 0 aliphatic heterocycles. The number of alkyl halides is 1. The van der Waals surface area contributed by atoms with Crippen molar-refractivity contribution in [2.45, 2.75) is 12.8 Å². The van der Waals surface area contributed by atoms with E-state index in [0.29, 0.717) is 6.42 Å². The minimum absolute atomic E-state index is 0.109. The van der Waals surface area contributed by atoms with Crippen molar-refractivity contribution in [2.75, 3.05) is 10.2 Å². The molecule has 0 amide bonds. The predicted molar refractivity (Wildman–Crippen MR) is 47.8 cm³/mol. The maximum Gasteiger partial charge on any atom is 0.232 e. The Bertz CT molecular complexity index is 154. The second-order valence-electron chi connectivity index (χ2n) is 1.64. The Kier molecular flexibility index (Phi) is 5.25. The van der Waals surface area contributed by atoms with E-state index in [-0.39, 0.29) is 5.75 Å². The second kappa shape index (κ2) is 4.73. The molecule has 9 heavy (non-hydrogen) atoms. The molecule has 0 saturated heterocycles. The minimum Gasteiger partial charge on any atom is -0.212 e. The van der Waals surface area contributed by atoms with Gasteiger partial charge in [0.15, 0.2) is 0 Å². The number of hydrogen-bond acceptors (Lipinski definition) is 2. The lowest BCUT2D eigenvalue weighted by Gasteiger charge is -1.91. The highest BCUT2D eigenvalue weighted by atomic mass is 127. The van der Waals surface area contributed by atoms with Crippen LogP contribution in [-0.4, -0.2) is 18.6 Å². The van der Waals surface area contributed by atoms with Crippen LogP contribution in [-0.2, 0) is 9.05 Å². The van der Waals surface area contributed by atoms with Gasteiger partial charge in [-0.15, -0.1) is 0 Å². The first-order valence-corrected chi connectivity index (χ1v) is 6.55. The molecular formula is C4H8ClIO2S.